The normalized spacial score (nSPS) is 22.5. The molecule has 104 valence electrons. The average molecular weight is 262 g/mol. The van der Waals surface area contributed by atoms with Crippen LogP contribution in [0.1, 0.15) is 24.0 Å². The summed E-state index contributed by atoms with van der Waals surface area (Å²) in [6.07, 6.45) is 1.31. The van der Waals surface area contributed by atoms with Crippen LogP contribution in [0.15, 0.2) is 18.2 Å². The van der Waals surface area contributed by atoms with Gasteiger partial charge in [-0.25, -0.2) is 0 Å². The number of likely N-dealkylation sites (N-methyl/N-ethyl adjacent to an activating group) is 1. The molecule has 1 fully saturated rings. The first-order valence-electron chi connectivity index (χ1n) is 6.72. The summed E-state index contributed by atoms with van der Waals surface area (Å²) in [5.41, 5.74) is 8.80. The molecule has 1 aromatic carbocycles. The van der Waals surface area contributed by atoms with Crippen molar-refractivity contribution in [1.29, 1.82) is 0 Å². The Hall–Kier alpha value is -1.39. The topological polar surface area (TPSA) is 55.6 Å². The SMILES string of the molecule is Cc1cc(C)cc(N(C)C(=O)C2CCC(CN)O2)c1. The van der Waals surface area contributed by atoms with Gasteiger partial charge in [0.15, 0.2) is 0 Å². The van der Waals surface area contributed by atoms with Crippen molar-refractivity contribution in [2.45, 2.75) is 38.9 Å². The number of anilines is 1. The van der Waals surface area contributed by atoms with Gasteiger partial charge in [0.05, 0.1) is 6.10 Å². The van der Waals surface area contributed by atoms with Crippen molar-refractivity contribution in [2.75, 3.05) is 18.5 Å². The molecule has 1 saturated heterocycles. The van der Waals surface area contributed by atoms with E-state index in [1.54, 1.807) is 11.9 Å². The van der Waals surface area contributed by atoms with Crippen LogP contribution in [-0.2, 0) is 9.53 Å². The van der Waals surface area contributed by atoms with Crippen LogP contribution in [0, 0.1) is 13.8 Å². The predicted molar refractivity (Wildman–Crippen MR) is 76.3 cm³/mol. The summed E-state index contributed by atoms with van der Waals surface area (Å²) in [6, 6.07) is 6.12. The Labute approximate surface area is 114 Å². The lowest BCUT2D eigenvalue weighted by Crippen LogP contribution is -2.37. The zero-order valence-electron chi connectivity index (χ0n) is 11.8. The van der Waals surface area contributed by atoms with Gasteiger partial charge < -0.3 is 15.4 Å². The second-order valence-electron chi connectivity index (χ2n) is 5.30. The molecule has 2 atom stereocenters. The van der Waals surface area contributed by atoms with Crippen LogP contribution in [0.4, 0.5) is 5.69 Å². The van der Waals surface area contributed by atoms with Crippen LogP contribution in [0.25, 0.3) is 0 Å². The molecule has 0 radical (unpaired) electrons. The van der Waals surface area contributed by atoms with Crippen molar-refractivity contribution in [3.8, 4) is 0 Å². The van der Waals surface area contributed by atoms with Crippen molar-refractivity contribution < 1.29 is 9.53 Å². The molecular weight excluding hydrogens is 240 g/mol. The molecule has 4 nitrogen and oxygen atoms in total. The second kappa shape index (κ2) is 5.72. The van der Waals surface area contributed by atoms with E-state index in [9.17, 15) is 4.79 Å². The Kier molecular flexibility index (Phi) is 4.22. The Morgan fingerprint density at radius 2 is 1.95 bits per heavy atom. The van der Waals surface area contributed by atoms with Crippen LogP contribution in [-0.4, -0.2) is 31.7 Å². The number of carbonyl (C=O) groups excluding carboxylic acids is 1. The standard InChI is InChI=1S/C15H22N2O2/c1-10-6-11(2)8-12(7-10)17(3)15(18)14-5-4-13(9-16)19-14/h6-8,13-14H,4-5,9,16H2,1-3H3. The number of rotatable bonds is 3. The summed E-state index contributed by atoms with van der Waals surface area (Å²) in [7, 11) is 1.80. The first kappa shape index (κ1) is 14.0. The average Bonchev–Trinajstić information content (AvgIpc) is 2.84. The van der Waals surface area contributed by atoms with E-state index in [4.69, 9.17) is 10.5 Å². The molecule has 1 amide bonds. The molecule has 2 rings (SSSR count). The molecule has 1 aliphatic heterocycles. The lowest BCUT2D eigenvalue weighted by molar-refractivity contribution is -0.128. The molecule has 4 heteroatoms. The first-order valence-corrected chi connectivity index (χ1v) is 6.72. The van der Waals surface area contributed by atoms with Gasteiger partial charge in [-0.15, -0.1) is 0 Å². The first-order chi connectivity index (χ1) is 9.01. The van der Waals surface area contributed by atoms with Crippen molar-refractivity contribution in [1.82, 2.24) is 0 Å². The van der Waals surface area contributed by atoms with Crippen molar-refractivity contribution in [3.63, 3.8) is 0 Å². The molecule has 19 heavy (non-hydrogen) atoms. The molecule has 0 spiro atoms. The lowest BCUT2D eigenvalue weighted by atomic mass is 10.1. The van der Waals surface area contributed by atoms with Gasteiger partial charge in [-0.1, -0.05) is 6.07 Å². The molecule has 1 aromatic rings. The monoisotopic (exact) mass is 262 g/mol. The molecule has 2 unspecified atom stereocenters. The maximum atomic E-state index is 12.4. The molecule has 2 N–H and O–H groups in total. The smallest absolute Gasteiger partial charge is 0.255 e. The summed E-state index contributed by atoms with van der Waals surface area (Å²) < 4.78 is 5.66. The van der Waals surface area contributed by atoms with Gasteiger partial charge in [-0.3, -0.25) is 4.79 Å². The number of benzene rings is 1. The van der Waals surface area contributed by atoms with E-state index in [0.717, 1.165) is 29.7 Å². The Morgan fingerprint density at radius 1 is 1.32 bits per heavy atom. The van der Waals surface area contributed by atoms with Gasteiger partial charge in [0.2, 0.25) is 0 Å². The fourth-order valence-electron chi connectivity index (χ4n) is 2.55. The Balaban J connectivity index is 2.10. The minimum Gasteiger partial charge on any atom is -0.364 e. The third-order valence-electron chi connectivity index (χ3n) is 3.57. The summed E-state index contributed by atoms with van der Waals surface area (Å²) in [5.74, 6) is 0.0148. The summed E-state index contributed by atoms with van der Waals surface area (Å²) >= 11 is 0. The Bertz CT molecular complexity index is 453. The van der Waals surface area contributed by atoms with E-state index in [1.165, 1.54) is 0 Å². The summed E-state index contributed by atoms with van der Waals surface area (Å²) in [4.78, 5) is 14.1. The number of amides is 1. The highest BCUT2D eigenvalue weighted by molar-refractivity contribution is 5.96. The van der Waals surface area contributed by atoms with Gasteiger partial charge in [0, 0.05) is 19.3 Å². The molecule has 1 heterocycles. The molecule has 0 saturated carbocycles. The largest absolute Gasteiger partial charge is 0.364 e. The van der Waals surface area contributed by atoms with Gasteiger partial charge in [-0.2, -0.15) is 0 Å². The number of aryl methyl sites for hydroxylation is 2. The molecule has 0 bridgehead atoms. The van der Waals surface area contributed by atoms with E-state index in [-0.39, 0.29) is 18.1 Å². The number of nitrogens with two attached hydrogens (primary N) is 1. The van der Waals surface area contributed by atoms with E-state index < -0.39 is 0 Å². The van der Waals surface area contributed by atoms with Crippen LogP contribution < -0.4 is 10.6 Å². The number of hydrogen-bond acceptors (Lipinski definition) is 3. The second-order valence-corrected chi connectivity index (χ2v) is 5.30. The summed E-state index contributed by atoms with van der Waals surface area (Å²) in [6.45, 7) is 4.55. The van der Waals surface area contributed by atoms with Crippen LogP contribution >= 0.6 is 0 Å². The Morgan fingerprint density at radius 3 is 2.47 bits per heavy atom. The van der Waals surface area contributed by atoms with Crippen molar-refractivity contribution in [2.24, 2.45) is 5.73 Å². The molecular formula is C15H22N2O2. The van der Waals surface area contributed by atoms with Gasteiger partial charge >= 0.3 is 0 Å². The summed E-state index contributed by atoms with van der Waals surface area (Å²) in [5, 5.41) is 0. The van der Waals surface area contributed by atoms with Crippen LogP contribution in [0.2, 0.25) is 0 Å². The molecule has 0 aliphatic carbocycles. The van der Waals surface area contributed by atoms with Gasteiger partial charge in [0.25, 0.3) is 5.91 Å². The van der Waals surface area contributed by atoms with Crippen LogP contribution in [0.3, 0.4) is 0 Å². The van der Waals surface area contributed by atoms with E-state index in [1.807, 2.05) is 26.0 Å². The minimum atomic E-state index is -0.348. The number of ether oxygens (including phenoxy) is 1. The number of hydrogen-bond donors (Lipinski definition) is 1. The van der Waals surface area contributed by atoms with E-state index in [2.05, 4.69) is 6.07 Å². The quantitative estimate of drug-likeness (QED) is 0.903. The van der Waals surface area contributed by atoms with Crippen LogP contribution in [0.5, 0.6) is 0 Å². The fourth-order valence-corrected chi connectivity index (χ4v) is 2.55. The zero-order chi connectivity index (χ0) is 14.0. The maximum Gasteiger partial charge on any atom is 0.255 e. The van der Waals surface area contributed by atoms with Crippen molar-refractivity contribution >= 4 is 11.6 Å². The number of carbonyl (C=O) groups is 1. The highest BCUT2D eigenvalue weighted by Gasteiger charge is 2.32. The van der Waals surface area contributed by atoms with E-state index >= 15 is 0 Å². The fraction of sp³-hybridized carbons (Fsp3) is 0.533. The van der Waals surface area contributed by atoms with Crippen molar-refractivity contribution in [3.05, 3.63) is 29.3 Å². The third kappa shape index (κ3) is 3.14. The maximum absolute atomic E-state index is 12.4. The highest BCUT2D eigenvalue weighted by atomic mass is 16.5. The minimum absolute atomic E-state index is 0.0148. The molecule has 1 aliphatic rings. The lowest BCUT2D eigenvalue weighted by Gasteiger charge is -2.22. The predicted octanol–water partition coefficient (Wildman–Crippen LogP) is 1.77. The zero-order valence-corrected chi connectivity index (χ0v) is 11.8. The van der Waals surface area contributed by atoms with E-state index in [0.29, 0.717) is 6.54 Å². The highest BCUT2D eigenvalue weighted by Crippen LogP contribution is 2.24. The van der Waals surface area contributed by atoms with Gasteiger partial charge in [-0.05, 0) is 49.9 Å². The number of nitrogens with zero attached hydrogens (tertiary/aromatic N) is 1. The molecule has 0 aromatic heterocycles. The van der Waals surface area contributed by atoms with Gasteiger partial charge in [0.1, 0.15) is 6.10 Å². The third-order valence-corrected chi connectivity index (χ3v) is 3.57.